The first-order valence-corrected chi connectivity index (χ1v) is 6.72. The van der Waals surface area contributed by atoms with Crippen molar-refractivity contribution in [2.45, 2.75) is 45.4 Å². The first-order valence-electron chi connectivity index (χ1n) is 6.72. The Labute approximate surface area is 120 Å². The van der Waals surface area contributed by atoms with Crippen LogP contribution < -0.4 is 5.32 Å². The van der Waals surface area contributed by atoms with Gasteiger partial charge in [0.05, 0.1) is 24.4 Å². The van der Waals surface area contributed by atoms with Gasteiger partial charge in [-0.15, -0.1) is 0 Å². The molecule has 20 heavy (non-hydrogen) atoms. The molecule has 0 aromatic carbocycles. The van der Waals surface area contributed by atoms with E-state index in [1.165, 1.54) is 6.20 Å². The van der Waals surface area contributed by atoms with Crippen LogP contribution in [0.2, 0.25) is 0 Å². The van der Waals surface area contributed by atoms with Crippen LogP contribution in [-0.2, 0) is 9.53 Å². The lowest BCUT2D eigenvalue weighted by Crippen LogP contribution is -2.49. The van der Waals surface area contributed by atoms with E-state index in [9.17, 15) is 4.79 Å². The average molecular weight is 281 g/mol. The lowest BCUT2D eigenvalue weighted by molar-refractivity contribution is -0.138. The van der Waals surface area contributed by atoms with Crippen LogP contribution in [0.1, 0.15) is 27.7 Å². The van der Waals surface area contributed by atoms with Crippen molar-refractivity contribution in [2.75, 3.05) is 19.7 Å². The maximum atomic E-state index is 12.3. The Bertz CT molecular complexity index is 416. The molecule has 2 atom stereocenters. The molecule has 1 amide bonds. The van der Waals surface area contributed by atoms with Gasteiger partial charge in [-0.2, -0.15) is 5.26 Å². The molecule has 0 radical (unpaired) electrons. The molecule has 1 saturated heterocycles. The van der Waals surface area contributed by atoms with Gasteiger partial charge in [-0.05, 0) is 27.7 Å². The molecule has 2 unspecified atom stereocenters. The van der Waals surface area contributed by atoms with E-state index in [-0.39, 0.29) is 30.3 Å². The van der Waals surface area contributed by atoms with Crippen molar-refractivity contribution in [3.63, 3.8) is 0 Å². The van der Waals surface area contributed by atoms with E-state index in [2.05, 4.69) is 5.32 Å². The van der Waals surface area contributed by atoms with Gasteiger partial charge in [-0.3, -0.25) is 4.79 Å². The summed E-state index contributed by atoms with van der Waals surface area (Å²) in [5, 5.41) is 21.2. The van der Waals surface area contributed by atoms with Crippen molar-refractivity contribution < 1.29 is 14.6 Å². The predicted molar refractivity (Wildman–Crippen MR) is 74.6 cm³/mol. The number of nitriles is 1. The minimum Gasteiger partial charge on any atom is -0.394 e. The lowest BCUT2D eigenvalue weighted by atomic mass is 10.1. The molecule has 1 heterocycles. The fraction of sp³-hybridized carbons (Fsp3) is 0.714. The number of carbonyl (C=O) groups excluding carboxylic acids is 1. The molecule has 6 heteroatoms. The number of aliphatic hydroxyl groups excluding tert-OH is 1. The summed E-state index contributed by atoms with van der Waals surface area (Å²) in [5.41, 5.74) is -0.540. The van der Waals surface area contributed by atoms with E-state index in [0.29, 0.717) is 13.1 Å². The van der Waals surface area contributed by atoms with Crippen molar-refractivity contribution in [3.8, 4) is 6.07 Å². The molecule has 1 aliphatic heterocycles. The number of ether oxygens (including phenoxy) is 1. The summed E-state index contributed by atoms with van der Waals surface area (Å²) in [4.78, 5) is 13.9. The third kappa shape index (κ3) is 4.51. The molecule has 0 spiro atoms. The Morgan fingerprint density at radius 2 is 2.05 bits per heavy atom. The maximum Gasteiger partial charge on any atom is 0.266 e. The van der Waals surface area contributed by atoms with Gasteiger partial charge in [0.1, 0.15) is 11.6 Å². The number of hydrogen-bond donors (Lipinski definition) is 2. The van der Waals surface area contributed by atoms with Gasteiger partial charge in [-0.25, -0.2) is 0 Å². The molecule has 1 aliphatic rings. The average Bonchev–Trinajstić information content (AvgIpc) is 2.38. The van der Waals surface area contributed by atoms with Gasteiger partial charge in [0, 0.05) is 19.3 Å². The molecule has 0 bridgehead atoms. The van der Waals surface area contributed by atoms with Gasteiger partial charge >= 0.3 is 0 Å². The van der Waals surface area contributed by atoms with E-state index in [1.807, 2.05) is 19.9 Å². The fourth-order valence-corrected chi connectivity index (χ4v) is 1.97. The van der Waals surface area contributed by atoms with Gasteiger partial charge in [-0.1, -0.05) is 0 Å². The summed E-state index contributed by atoms with van der Waals surface area (Å²) in [6.07, 6.45) is 1.30. The zero-order valence-corrected chi connectivity index (χ0v) is 12.5. The summed E-state index contributed by atoms with van der Waals surface area (Å²) < 4.78 is 5.57. The van der Waals surface area contributed by atoms with Crippen LogP contribution in [0.4, 0.5) is 0 Å². The quantitative estimate of drug-likeness (QED) is 0.575. The molecule has 0 saturated carbocycles. The fourth-order valence-electron chi connectivity index (χ4n) is 1.97. The van der Waals surface area contributed by atoms with Crippen molar-refractivity contribution in [3.05, 3.63) is 11.8 Å². The summed E-state index contributed by atoms with van der Waals surface area (Å²) in [7, 11) is 0. The number of hydrogen-bond acceptors (Lipinski definition) is 5. The van der Waals surface area contributed by atoms with E-state index in [1.54, 1.807) is 18.7 Å². The molecule has 1 fully saturated rings. The Morgan fingerprint density at radius 3 is 2.50 bits per heavy atom. The summed E-state index contributed by atoms with van der Waals surface area (Å²) in [6.45, 7) is 8.22. The smallest absolute Gasteiger partial charge is 0.266 e. The number of carbonyl (C=O) groups is 1. The minimum absolute atomic E-state index is 0.0350. The van der Waals surface area contributed by atoms with Gasteiger partial charge in [0.15, 0.2) is 0 Å². The SMILES string of the molecule is CC1CN(C(=O)/C(C#N)=C\NC(C)(C)CO)CC(C)O1. The second-order valence-corrected chi connectivity index (χ2v) is 5.82. The zero-order valence-electron chi connectivity index (χ0n) is 12.5. The standard InChI is InChI=1S/C14H23N3O3/c1-10-7-17(8-11(2)20-10)13(19)12(5-15)6-16-14(3,4)9-18/h6,10-11,16,18H,7-9H2,1-4H3/b12-6-. The van der Waals surface area contributed by atoms with Crippen LogP contribution in [0.15, 0.2) is 11.8 Å². The van der Waals surface area contributed by atoms with Crippen molar-refractivity contribution in [1.82, 2.24) is 10.2 Å². The molecule has 1 rings (SSSR count). The first-order chi connectivity index (χ1) is 9.29. The Balaban J connectivity index is 2.77. The van der Waals surface area contributed by atoms with Crippen molar-refractivity contribution in [1.29, 1.82) is 5.26 Å². The number of nitrogens with zero attached hydrogens (tertiary/aromatic N) is 2. The van der Waals surface area contributed by atoms with Crippen LogP contribution >= 0.6 is 0 Å². The highest BCUT2D eigenvalue weighted by molar-refractivity contribution is 5.97. The predicted octanol–water partition coefficient (Wildman–Crippen LogP) is 0.390. The molecular formula is C14H23N3O3. The normalized spacial score (nSPS) is 24.2. The molecular weight excluding hydrogens is 258 g/mol. The number of aliphatic hydroxyl groups is 1. The Hall–Kier alpha value is -1.58. The molecule has 112 valence electrons. The minimum atomic E-state index is -0.575. The zero-order chi connectivity index (χ0) is 15.3. The Morgan fingerprint density at radius 1 is 1.50 bits per heavy atom. The lowest BCUT2D eigenvalue weighted by Gasteiger charge is -2.35. The molecule has 0 aromatic rings. The van der Waals surface area contributed by atoms with Gasteiger partial charge in [0.2, 0.25) is 0 Å². The Kier molecular flexibility index (Phi) is 5.54. The van der Waals surface area contributed by atoms with E-state index >= 15 is 0 Å². The van der Waals surface area contributed by atoms with E-state index < -0.39 is 5.54 Å². The molecule has 2 N–H and O–H groups in total. The third-order valence-corrected chi connectivity index (χ3v) is 3.06. The number of nitrogens with one attached hydrogen (secondary N) is 1. The molecule has 0 aromatic heterocycles. The van der Waals surface area contributed by atoms with Crippen LogP contribution in [0.25, 0.3) is 0 Å². The monoisotopic (exact) mass is 281 g/mol. The third-order valence-electron chi connectivity index (χ3n) is 3.06. The summed E-state index contributed by atoms with van der Waals surface area (Å²) in [5.74, 6) is -0.310. The second-order valence-electron chi connectivity index (χ2n) is 5.82. The van der Waals surface area contributed by atoms with Gasteiger partial charge < -0.3 is 20.1 Å². The highest BCUT2D eigenvalue weighted by Gasteiger charge is 2.28. The number of amides is 1. The van der Waals surface area contributed by atoms with E-state index in [4.69, 9.17) is 15.1 Å². The first kappa shape index (κ1) is 16.5. The van der Waals surface area contributed by atoms with Crippen molar-refractivity contribution in [2.24, 2.45) is 0 Å². The topological polar surface area (TPSA) is 85.6 Å². The van der Waals surface area contributed by atoms with E-state index in [0.717, 1.165) is 0 Å². The number of rotatable bonds is 4. The van der Waals surface area contributed by atoms with Crippen LogP contribution in [0.5, 0.6) is 0 Å². The highest BCUT2D eigenvalue weighted by atomic mass is 16.5. The van der Waals surface area contributed by atoms with Gasteiger partial charge in [0.25, 0.3) is 5.91 Å². The van der Waals surface area contributed by atoms with Crippen LogP contribution in [0.3, 0.4) is 0 Å². The number of morpholine rings is 1. The second kappa shape index (κ2) is 6.73. The maximum absolute atomic E-state index is 12.3. The molecule has 6 nitrogen and oxygen atoms in total. The summed E-state index contributed by atoms with van der Waals surface area (Å²) >= 11 is 0. The summed E-state index contributed by atoms with van der Waals surface area (Å²) in [6, 6.07) is 1.91. The van der Waals surface area contributed by atoms with Crippen molar-refractivity contribution >= 4 is 5.91 Å². The molecule has 0 aliphatic carbocycles. The van der Waals surface area contributed by atoms with Crippen LogP contribution in [-0.4, -0.2) is 53.4 Å². The highest BCUT2D eigenvalue weighted by Crippen LogP contribution is 2.13. The largest absolute Gasteiger partial charge is 0.394 e. The van der Waals surface area contributed by atoms with Crippen LogP contribution in [0, 0.1) is 11.3 Å².